The molecule has 3 amide bonds. The maximum atomic E-state index is 14.7. The molecule has 1 atom stereocenters. The highest BCUT2D eigenvalue weighted by atomic mass is 19.2. The molecule has 0 radical (unpaired) electrons. The molecule has 4 rings (SSSR count). The Balaban J connectivity index is 1.53. The molecule has 4 aromatic rings. The van der Waals surface area contributed by atoms with Crippen molar-refractivity contribution in [2.45, 2.75) is 25.4 Å². The predicted octanol–water partition coefficient (Wildman–Crippen LogP) is 3.84. The summed E-state index contributed by atoms with van der Waals surface area (Å²) < 4.78 is 35.8. The minimum absolute atomic E-state index is 0.0237. The molecule has 14 heteroatoms. The Labute approximate surface area is 243 Å². The number of likely N-dealkylation sites (N-methyl/N-ethyl adjacent to an activating group) is 1. The highest BCUT2D eigenvalue weighted by Gasteiger charge is 2.22. The first kappa shape index (κ1) is 30.4. The molecule has 0 aliphatic carbocycles. The van der Waals surface area contributed by atoms with Crippen LogP contribution >= 0.6 is 0 Å². The van der Waals surface area contributed by atoms with Gasteiger partial charge in [0.1, 0.15) is 28.8 Å². The number of para-hydroxylation sites is 1. The molecule has 0 aliphatic rings. The number of pyridine rings is 1. The predicted molar refractivity (Wildman–Crippen MR) is 153 cm³/mol. The number of rotatable bonds is 11. The third kappa shape index (κ3) is 7.61. The summed E-state index contributed by atoms with van der Waals surface area (Å²) in [6.07, 6.45) is 3.04. The van der Waals surface area contributed by atoms with Gasteiger partial charge in [-0.05, 0) is 43.2 Å². The van der Waals surface area contributed by atoms with E-state index < -0.39 is 41.0 Å². The molecule has 0 aliphatic heterocycles. The van der Waals surface area contributed by atoms with E-state index in [0.29, 0.717) is 0 Å². The summed E-state index contributed by atoms with van der Waals surface area (Å²) in [7, 11) is 3.15. The number of allylic oxidation sites excluding steroid dienone is 1. The van der Waals surface area contributed by atoms with E-state index in [2.05, 4.69) is 20.6 Å². The average molecular weight is 595 g/mol. The maximum Gasteiger partial charge on any atom is 0.405 e. The number of fused-ring (bicyclic) bond motifs is 1. The third-order valence-corrected chi connectivity index (χ3v) is 6.18. The van der Waals surface area contributed by atoms with Crippen LogP contribution in [0.3, 0.4) is 0 Å². The van der Waals surface area contributed by atoms with Crippen molar-refractivity contribution in [3.05, 3.63) is 94.7 Å². The molecule has 0 saturated carbocycles. The van der Waals surface area contributed by atoms with Gasteiger partial charge >= 0.3 is 6.09 Å². The number of halogens is 2. The molecule has 0 spiro atoms. The summed E-state index contributed by atoms with van der Waals surface area (Å²) in [5.74, 6) is -3.36. The zero-order chi connectivity index (χ0) is 31.1. The number of hydrogen-bond acceptors (Lipinski definition) is 6. The van der Waals surface area contributed by atoms with Gasteiger partial charge < -0.3 is 34.9 Å². The van der Waals surface area contributed by atoms with Crippen molar-refractivity contribution < 1.29 is 33.0 Å². The summed E-state index contributed by atoms with van der Waals surface area (Å²) in [5, 5.41) is 13.7. The van der Waals surface area contributed by atoms with Gasteiger partial charge in [0.25, 0.3) is 5.56 Å². The van der Waals surface area contributed by atoms with Gasteiger partial charge in [0, 0.05) is 26.4 Å². The highest BCUT2D eigenvalue weighted by molar-refractivity contribution is 5.96. The van der Waals surface area contributed by atoms with Crippen LogP contribution in [0.25, 0.3) is 11.0 Å². The van der Waals surface area contributed by atoms with Gasteiger partial charge in [0.2, 0.25) is 17.6 Å². The number of ether oxygens (including phenoxy) is 1. The lowest BCUT2D eigenvalue weighted by atomic mass is 10.1. The number of carbonyl (C=O) groups is 3. The molecule has 4 N–H and O–H groups in total. The number of aromatic amines is 1. The molecular formula is C29H28F2N6O6. The van der Waals surface area contributed by atoms with Crippen LogP contribution in [0.1, 0.15) is 18.7 Å². The Bertz CT molecular complexity index is 1730. The first-order chi connectivity index (χ1) is 20.5. The van der Waals surface area contributed by atoms with Crippen molar-refractivity contribution >= 4 is 34.6 Å². The monoisotopic (exact) mass is 594 g/mol. The smallest absolute Gasteiger partial charge is 0.405 e. The fourth-order valence-electron chi connectivity index (χ4n) is 4.05. The first-order valence-electron chi connectivity index (χ1n) is 13.0. The first-order valence-corrected chi connectivity index (χ1v) is 13.0. The van der Waals surface area contributed by atoms with E-state index in [0.717, 1.165) is 6.07 Å². The molecule has 2 heterocycles. The van der Waals surface area contributed by atoms with Crippen LogP contribution in [0.2, 0.25) is 0 Å². The van der Waals surface area contributed by atoms with Crippen molar-refractivity contribution in [2.24, 2.45) is 0 Å². The minimum Gasteiger partial charge on any atom is -0.465 e. The zero-order valence-electron chi connectivity index (χ0n) is 23.1. The second kappa shape index (κ2) is 13.4. The average Bonchev–Trinajstić information content (AvgIpc) is 3.36. The van der Waals surface area contributed by atoms with Crippen LogP contribution in [0, 0.1) is 11.6 Å². The maximum absolute atomic E-state index is 14.7. The Morgan fingerprint density at radius 2 is 1.91 bits per heavy atom. The zero-order valence-corrected chi connectivity index (χ0v) is 23.1. The quantitative estimate of drug-likeness (QED) is 0.192. The van der Waals surface area contributed by atoms with Gasteiger partial charge in [-0.3, -0.25) is 14.4 Å². The normalized spacial score (nSPS) is 11.8. The van der Waals surface area contributed by atoms with Crippen molar-refractivity contribution in [1.29, 1.82) is 0 Å². The lowest BCUT2D eigenvalue weighted by Gasteiger charge is -2.16. The fraction of sp³-hybridized carbons (Fsp3) is 0.207. The number of anilines is 1. The van der Waals surface area contributed by atoms with E-state index in [-0.39, 0.29) is 53.6 Å². The summed E-state index contributed by atoms with van der Waals surface area (Å²) in [6.45, 7) is -0.160. The van der Waals surface area contributed by atoms with E-state index in [4.69, 9.17) is 4.74 Å². The van der Waals surface area contributed by atoms with Crippen LogP contribution in [0.15, 0.2) is 71.7 Å². The summed E-state index contributed by atoms with van der Waals surface area (Å²) in [5.41, 5.74) is -0.621. The SMILES string of the molecule is CN(C)C(=O)/C=C/CCC(NC(=O)O)C(=O)Nc1cccn(Cc2nc3cc(F)c(F)c(Oc4ccccc4)c3[nH]2)c1=O. The lowest BCUT2D eigenvalue weighted by Crippen LogP contribution is -2.44. The molecule has 1 unspecified atom stereocenters. The number of benzene rings is 2. The van der Waals surface area contributed by atoms with Crippen LogP contribution in [-0.2, 0) is 16.1 Å². The fourth-order valence-corrected chi connectivity index (χ4v) is 4.05. The lowest BCUT2D eigenvalue weighted by molar-refractivity contribution is -0.123. The van der Waals surface area contributed by atoms with Gasteiger partial charge in [-0.1, -0.05) is 24.3 Å². The van der Waals surface area contributed by atoms with Gasteiger partial charge in [-0.15, -0.1) is 0 Å². The van der Waals surface area contributed by atoms with Crippen LogP contribution in [-0.4, -0.2) is 62.6 Å². The molecule has 224 valence electrons. The summed E-state index contributed by atoms with van der Waals surface area (Å²) >= 11 is 0. The molecule has 2 aromatic carbocycles. The molecule has 0 fully saturated rings. The van der Waals surface area contributed by atoms with Crippen LogP contribution < -0.4 is 20.9 Å². The van der Waals surface area contributed by atoms with Crippen molar-refractivity contribution in [2.75, 3.05) is 19.4 Å². The Morgan fingerprint density at radius 1 is 1.16 bits per heavy atom. The van der Waals surface area contributed by atoms with E-state index in [1.165, 1.54) is 39.9 Å². The number of carbonyl (C=O) groups excluding carboxylic acids is 2. The van der Waals surface area contributed by atoms with Gasteiger partial charge in [-0.25, -0.2) is 14.2 Å². The molecular weight excluding hydrogens is 566 g/mol. The second-order valence-corrected chi connectivity index (χ2v) is 9.55. The number of H-pyrrole nitrogens is 1. The molecule has 0 saturated heterocycles. The van der Waals surface area contributed by atoms with Crippen LogP contribution in [0.4, 0.5) is 19.3 Å². The van der Waals surface area contributed by atoms with E-state index in [9.17, 15) is 33.1 Å². The van der Waals surface area contributed by atoms with Crippen LogP contribution in [0.5, 0.6) is 11.5 Å². The van der Waals surface area contributed by atoms with Gasteiger partial charge in [-0.2, -0.15) is 4.39 Å². The number of hydrogen-bond donors (Lipinski definition) is 4. The number of amides is 3. The van der Waals surface area contributed by atoms with Crippen molar-refractivity contribution in [3.8, 4) is 11.5 Å². The largest absolute Gasteiger partial charge is 0.465 e. The second-order valence-electron chi connectivity index (χ2n) is 9.55. The topological polar surface area (TPSA) is 159 Å². The number of nitrogens with one attached hydrogen (secondary N) is 3. The molecule has 0 bridgehead atoms. The van der Waals surface area contributed by atoms with E-state index in [1.54, 1.807) is 44.4 Å². The number of nitrogens with zero attached hydrogens (tertiary/aromatic N) is 3. The van der Waals surface area contributed by atoms with Gasteiger partial charge in [0.15, 0.2) is 11.6 Å². The number of aromatic nitrogens is 3. The van der Waals surface area contributed by atoms with Crippen molar-refractivity contribution in [3.63, 3.8) is 0 Å². The molecule has 43 heavy (non-hydrogen) atoms. The standard InChI is InChI=1S/C29H28F2N6O6/c1-36(2)23(38)13-7-6-11-19(34-29(41)42)27(39)33-20-12-8-14-37(28(20)40)16-22-32-21-15-18(30)24(31)26(25(21)35-22)43-17-9-4-3-5-10-17/h3-5,7-10,12-15,19,34H,6,11,16H2,1-2H3,(H,32,35)(H,33,39)(H,41,42)/b13-7+. The third-order valence-electron chi connectivity index (χ3n) is 6.18. The minimum atomic E-state index is -1.44. The molecule has 2 aromatic heterocycles. The van der Waals surface area contributed by atoms with E-state index >= 15 is 0 Å². The summed E-state index contributed by atoms with van der Waals surface area (Å²) in [6, 6.07) is 10.8. The van der Waals surface area contributed by atoms with Crippen molar-refractivity contribution in [1.82, 2.24) is 24.8 Å². The molecule has 12 nitrogen and oxygen atoms in total. The Hall–Kier alpha value is -5.53. The van der Waals surface area contributed by atoms with E-state index in [1.807, 2.05) is 0 Å². The Morgan fingerprint density at radius 3 is 2.60 bits per heavy atom. The van der Waals surface area contributed by atoms with Gasteiger partial charge in [0.05, 0.1) is 12.1 Å². The Kier molecular flexibility index (Phi) is 9.50. The summed E-state index contributed by atoms with van der Waals surface area (Å²) in [4.78, 5) is 57.5. The number of carboxylic acid groups (broad SMARTS) is 1. The highest BCUT2D eigenvalue weighted by Crippen LogP contribution is 2.33. The number of imidazole rings is 1.